The highest BCUT2D eigenvalue weighted by molar-refractivity contribution is 6.06. The second kappa shape index (κ2) is 5.40. The number of hydrogen-bond acceptors (Lipinski definition) is 3. The van der Waals surface area contributed by atoms with E-state index >= 15 is 0 Å². The van der Waals surface area contributed by atoms with E-state index in [0.717, 1.165) is 5.56 Å². The number of rotatable bonds is 5. The first-order chi connectivity index (χ1) is 8.99. The molecule has 0 bridgehead atoms. The Hall–Kier alpha value is -1.88. The zero-order valence-electron chi connectivity index (χ0n) is 11.1. The lowest BCUT2D eigenvalue weighted by Gasteiger charge is -2.24. The molecule has 0 radical (unpaired) electrons. The van der Waals surface area contributed by atoms with Crippen LogP contribution in [0.15, 0.2) is 30.3 Å². The topological polar surface area (TPSA) is 67.4 Å². The molecule has 1 aromatic carbocycles. The van der Waals surface area contributed by atoms with Crippen LogP contribution in [0.5, 0.6) is 0 Å². The van der Waals surface area contributed by atoms with Crippen molar-refractivity contribution in [1.29, 1.82) is 0 Å². The first kappa shape index (κ1) is 13.5. The van der Waals surface area contributed by atoms with Crippen molar-refractivity contribution < 1.29 is 14.3 Å². The fourth-order valence-corrected chi connectivity index (χ4v) is 2.17. The summed E-state index contributed by atoms with van der Waals surface area (Å²) in [5.74, 6) is -0.298. The number of carbonyl (C=O) groups is 2. The predicted octanol–water partition coefficient (Wildman–Crippen LogP) is 1.58. The van der Waals surface area contributed by atoms with Crippen LogP contribution >= 0.6 is 0 Å². The highest BCUT2D eigenvalue weighted by Gasteiger charge is 2.42. The van der Waals surface area contributed by atoms with Gasteiger partial charge in [0.2, 0.25) is 0 Å². The van der Waals surface area contributed by atoms with Gasteiger partial charge in [0.25, 0.3) is 5.91 Å². The van der Waals surface area contributed by atoms with Gasteiger partial charge in [0, 0.05) is 6.42 Å². The minimum atomic E-state index is -0.882. The van der Waals surface area contributed by atoms with E-state index in [-0.39, 0.29) is 12.0 Å². The molecule has 5 nitrogen and oxygen atoms in total. The Morgan fingerprint density at radius 2 is 1.95 bits per heavy atom. The molecule has 1 fully saturated rings. The fraction of sp³-hybridized carbons (Fsp3) is 0.429. The van der Waals surface area contributed by atoms with E-state index in [1.807, 2.05) is 37.3 Å². The molecule has 1 aliphatic rings. The molecule has 0 aromatic heterocycles. The second-order valence-corrected chi connectivity index (χ2v) is 5.05. The minimum Gasteiger partial charge on any atom is -0.374 e. The van der Waals surface area contributed by atoms with Crippen LogP contribution in [-0.4, -0.2) is 23.6 Å². The maximum absolute atomic E-state index is 11.7. The number of nitrogens with one attached hydrogen (secondary N) is 2. The number of hydrogen-bond donors (Lipinski definition) is 2. The van der Waals surface area contributed by atoms with E-state index in [4.69, 9.17) is 4.74 Å². The molecule has 1 saturated heterocycles. The summed E-state index contributed by atoms with van der Waals surface area (Å²) in [5, 5.41) is 4.87. The van der Waals surface area contributed by atoms with Crippen LogP contribution in [0.1, 0.15) is 25.8 Å². The molecule has 19 heavy (non-hydrogen) atoms. The van der Waals surface area contributed by atoms with Crippen molar-refractivity contribution in [2.45, 2.75) is 38.5 Å². The Morgan fingerprint density at radius 3 is 2.53 bits per heavy atom. The third-order valence-electron chi connectivity index (χ3n) is 3.19. The predicted molar refractivity (Wildman–Crippen MR) is 70.4 cm³/mol. The minimum absolute atomic E-state index is 0.130. The van der Waals surface area contributed by atoms with Crippen LogP contribution in [-0.2, 0) is 16.1 Å². The van der Waals surface area contributed by atoms with Gasteiger partial charge in [-0.2, -0.15) is 0 Å². The molecule has 2 atom stereocenters. The highest BCUT2D eigenvalue weighted by atomic mass is 16.5. The largest absolute Gasteiger partial charge is 0.374 e. The maximum atomic E-state index is 11.7. The van der Waals surface area contributed by atoms with Crippen molar-refractivity contribution in [2.24, 2.45) is 0 Å². The maximum Gasteiger partial charge on any atom is 0.322 e. The standard InChI is InChI=1S/C14H18N2O3/c1-10(19-9-11-6-4-3-5-7-11)8-14(2)12(17)15-13(18)16-14/h3-7,10H,8-9H2,1-2H3,(H2,15,16,17,18)/t10?,14-/m0/s1. The van der Waals surface area contributed by atoms with Crippen LogP contribution in [0.4, 0.5) is 4.79 Å². The van der Waals surface area contributed by atoms with Gasteiger partial charge in [0.1, 0.15) is 5.54 Å². The zero-order valence-corrected chi connectivity index (χ0v) is 11.1. The molecule has 3 amide bonds. The summed E-state index contributed by atoms with van der Waals surface area (Å²) in [6, 6.07) is 9.39. The van der Waals surface area contributed by atoms with Crippen LogP contribution in [0, 0.1) is 0 Å². The monoisotopic (exact) mass is 262 g/mol. The third kappa shape index (κ3) is 3.32. The summed E-state index contributed by atoms with van der Waals surface area (Å²) < 4.78 is 5.71. The molecule has 1 unspecified atom stereocenters. The molecular formula is C14H18N2O3. The van der Waals surface area contributed by atoms with Gasteiger partial charge in [-0.1, -0.05) is 30.3 Å². The SMILES string of the molecule is CC(C[C@]1(C)NC(=O)NC1=O)OCc1ccccc1. The van der Waals surface area contributed by atoms with Crippen molar-refractivity contribution in [1.82, 2.24) is 10.6 Å². The van der Waals surface area contributed by atoms with Crippen LogP contribution in [0.3, 0.4) is 0 Å². The lowest BCUT2D eigenvalue weighted by molar-refractivity contribution is -0.124. The number of urea groups is 1. The average Bonchev–Trinajstić information content (AvgIpc) is 2.61. The van der Waals surface area contributed by atoms with E-state index in [1.54, 1.807) is 6.92 Å². The molecule has 2 rings (SSSR count). The second-order valence-electron chi connectivity index (χ2n) is 5.05. The molecular weight excluding hydrogens is 244 g/mol. The fourth-order valence-electron chi connectivity index (χ4n) is 2.17. The van der Waals surface area contributed by atoms with Crippen molar-refractivity contribution in [3.63, 3.8) is 0 Å². The Bertz CT molecular complexity index is 475. The van der Waals surface area contributed by atoms with Gasteiger partial charge in [-0.25, -0.2) is 4.79 Å². The first-order valence-corrected chi connectivity index (χ1v) is 6.29. The van der Waals surface area contributed by atoms with Gasteiger partial charge >= 0.3 is 6.03 Å². The van der Waals surface area contributed by atoms with Gasteiger partial charge < -0.3 is 10.1 Å². The first-order valence-electron chi connectivity index (χ1n) is 6.29. The number of ether oxygens (including phenoxy) is 1. The van der Waals surface area contributed by atoms with Crippen molar-refractivity contribution in [2.75, 3.05) is 0 Å². The van der Waals surface area contributed by atoms with Gasteiger partial charge in [0.05, 0.1) is 12.7 Å². The molecule has 5 heteroatoms. The summed E-state index contributed by atoms with van der Waals surface area (Å²) in [5.41, 5.74) is 0.201. The number of imide groups is 1. The summed E-state index contributed by atoms with van der Waals surface area (Å²) >= 11 is 0. The van der Waals surface area contributed by atoms with E-state index in [2.05, 4.69) is 10.6 Å². The number of benzene rings is 1. The molecule has 102 valence electrons. The van der Waals surface area contributed by atoms with Gasteiger partial charge in [0.15, 0.2) is 0 Å². The molecule has 0 aliphatic carbocycles. The Kier molecular flexibility index (Phi) is 3.85. The van der Waals surface area contributed by atoms with Crippen LogP contribution < -0.4 is 10.6 Å². The average molecular weight is 262 g/mol. The summed E-state index contributed by atoms with van der Waals surface area (Å²) in [6.07, 6.45) is 0.312. The van der Waals surface area contributed by atoms with Crippen LogP contribution in [0.25, 0.3) is 0 Å². The summed E-state index contributed by atoms with van der Waals surface area (Å²) in [4.78, 5) is 22.8. The van der Waals surface area contributed by atoms with Crippen molar-refractivity contribution in [3.8, 4) is 0 Å². The lowest BCUT2D eigenvalue weighted by Crippen LogP contribution is -2.46. The Labute approximate surface area is 112 Å². The van der Waals surface area contributed by atoms with Gasteiger partial charge in [-0.3, -0.25) is 10.1 Å². The van der Waals surface area contributed by atoms with Crippen molar-refractivity contribution >= 4 is 11.9 Å². The molecule has 1 aromatic rings. The van der Waals surface area contributed by atoms with Gasteiger partial charge in [-0.05, 0) is 19.4 Å². The van der Waals surface area contributed by atoms with E-state index in [9.17, 15) is 9.59 Å². The summed E-state index contributed by atoms with van der Waals surface area (Å²) in [7, 11) is 0. The van der Waals surface area contributed by atoms with E-state index in [0.29, 0.717) is 13.0 Å². The number of carbonyl (C=O) groups excluding carboxylic acids is 2. The Morgan fingerprint density at radius 1 is 1.26 bits per heavy atom. The molecule has 0 saturated carbocycles. The van der Waals surface area contributed by atoms with Crippen LogP contribution in [0.2, 0.25) is 0 Å². The quantitative estimate of drug-likeness (QED) is 0.792. The van der Waals surface area contributed by atoms with E-state index in [1.165, 1.54) is 0 Å². The Balaban J connectivity index is 1.86. The lowest BCUT2D eigenvalue weighted by atomic mass is 9.95. The van der Waals surface area contributed by atoms with Gasteiger partial charge in [-0.15, -0.1) is 0 Å². The zero-order chi connectivity index (χ0) is 13.9. The number of amides is 3. The highest BCUT2D eigenvalue weighted by Crippen LogP contribution is 2.19. The third-order valence-corrected chi connectivity index (χ3v) is 3.19. The van der Waals surface area contributed by atoms with Crippen molar-refractivity contribution in [3.05, 3.63) is 35.9 Å². The molecule has 0 spiro atoms. The smallest absolute Gasteiger partial charge is 0.322 e. The van der Waals surface area contributed by atoms with E-state index < -0.39 is 11.6 Å². The normalized spacial score (nSPS) is 23.9. The molecule has 1 heterocycles. The molecule has 1 aliphatic heterocycles. The molecule has 2 N–H and O–H groups in total. The summed E-state index contributed by atoms with van der Waals surface area (Å²) in [6.45, 7) is 4.09.